The van der Waals surface area contributed by atoms with E-state index in [1.54, 1.807) is 11.8 Å². The standard InChI is InChI=1S/C24H19NOS/c1-2-25-19-14-8-9-15-20(19)27-24(25)22-21(16-10-4-3-5-11-16)17-12-6-7-13-18(17)23(22)26/h3-15,21H,2H2,1H3/b24-22+. The Balaban J connectivity index is 1.76. The van der Waals surface area contributed by atoms with Crippen molar-refractivity contribution in [2.75, 3.05) is 11.4 Å². The highest BCUT2D eigenvalue weighted by Gasteiger charge is 2.40. The van der Waals surface area contributed by atoms with Crippen LogP contribution >= 0.6 is 11.8 Å². The minimum Gasteiger partial charge on any atom is -0.335 e. The van der Waals surface area contributed by atoms with Gasteiger partial charge < -0.3 is 4.90 Å². The summed E-state index contributed by atoms with van der Waals surface area (Å²) in [5, 5.41) is 1.08. The van der Waals surface area contributed by atoms with Gasteiger partial charge in [0, 0.05) is 28.5 Å². The molecule has 0 amide bonds. The molecule has 0 saturated carbocycles. The largest absolute Gasteiger partial charge is 0.335 e. The fourth-order valence-electron chi connectivity index (χ4n) is 4.15. The number of rotatable bonds is 2. The highest BCUT2D eigenvalue weighted by Crippen LogP contribution is 2.52. The molecule has 0 bridgehead atoms. The van der Waals surface area contributed by atoms with E-state index in [1.807, 2.05) is 24.3 Å². The van der Waals surface area contributed by atoms with Crippen molar-refractivity contribution in [1.29, 1.82) is 0 Å². The molecule has 0 aromatic heterocycles. The van der Waals surface area contributed by atoms with E-state index >= 15 is 0 Å². The third kappa shape index (κ3) is 2.46. The molecule has 3 aromatic rings. The molecule has 1 aliphatic heterocycles. The highest BCUT2D eigenvalue weighted by atomic mass is 32.2. The van der Waals surface area contributed by atoms with E-state index < -0.39 is 0 Å². The lowest BCUT2D eigenvalue weighted by atomic mass is 9.90. The van der Waals surface area contributed by atoms with E-state index in [-0.39, 0.29) is 11.7 Å². The van der Waals surface area contributed by atoms with Gasteiger partial charge in [0.2, 0.25) is 0 Å². The number of hydrogen-bond donors (Lipinski definition) is 0. The molecule has 132 valence electrons. The normalized spacial score (nSPS) is 20.7. The number of carbonyl (C=O) groups is 1. The number of para-hydroxylation sites is 1. The van der Waals surface area contributed by atoms with E-state index in [2.05, 4.69) is 66.4 Å². The smallest absolute Gasteiger partial charge is 0.192 e. The molecule has 1 heterocycles. The molecule has 0 N–H and O–H groups in total. The molecule has 1 aliphatic carbocycles. The van der Waals surface area contributed by atoms with Crippen LogP contribution in [-0.2, 0) is 0 Å². The molecule has 2 nitrogen and oxygen atoms in total. The number of ketones is 1. The molecule has 1 unspecified atom stereocenters. The van der Waals surface area contributed by atoms with E-state index in [9.17, 15) is 4.79 Å². The Kier molecular flexibility index (Phi) is 3.91. The van der Waals surface area contributed by atoms with Crippen LogP contribution in [0.1, 0.15) is 34.3 Å². The van der Waals surface area contributed by atoms with E-state index in [0.717, 1.165) is 28.3 Å². The predicted octanol–water partition coefficient (Wildman–Crippen LogP) is 5.86. The van der Waals surface area contributed by atoms with E-state index in [1.165, 1.54) is 16.1 Å². The van der Waals surface area contributed by atoms with Gasteiger partial charge in [-0.05, 0) is 30.2 Å². The van der Waals surface area contributed by atoms with Crippen molar-refractivity contribution in [1.82, 2.24) is 0 Å². The molecular weight excluding hydrogens is 350 g/mol. The van der Waals surface area contributed by atoms with Crippen molar-refractivity contribution in [3.05, 3.63) is 106 Å². The van der Waals surface area contributed by atoms with Gasteiger partial charge in [0.05, 0.1) is 10.7 Å². The van der Waals surface area contributed by atoms with Gasteiger partial charge >= 0.3 is 0 Å². The van der Waals surface area contributed by atoms with Crippen LogP contribution in [0.4, 0.5) is 5.69 Å². The zero-order valence-electron chi connectivity index (χ0n) is 15.1. The minimum absolute atomic E-state index is 0.0132. The molecule has 27 heavy (non-hydrogen) atoms. The first-order valence-corrected chi connectivity index (χ1v) is 10.1. The average molecular weight is 369 g/mol. The third-order valence-corrected chi connectivity index (χ3v) is 6.54. The fourth-order valence-corrected chi connectivity index (χ4v) is 5.44. The summed E-state index contributed by atoms with van der Waals surface area (Å²) in [6.45, 7) is 2.99. The lowest BCUT2D eigenvalue weighted by Crippen LogP contribution is -2.20. The summed E-state index contributed by atoms with van der Waals surface area (Å²) in [5.41, 5.74) is 5.23. The maximum absolute atomic E-state index is 13.5. The monoisotopic (exact) mass is 369 g/mol. The van der Waals surface area contributed by atoms with Crippen LogP contribution in [0.5, 0.6) is 0 Å². The fraction of sp³-hybridized carbons (Fsp3) is 0.125. The van der Waals surface area contributed by atoms with Crippen molar-refractivity contribution in [3.8, 4) is 0 Å². The number of Topliss-reactive ketones (excluding diaryl/α,β-unsaturated/α-hetero) is 1. The van der Waals surface area contributed by atoms with Gasteiger partial charge in [0.1, 0.15) is 0 Å². The van der Waals surface area contributed by atoms with Crippen molar-refractivity contribution in [2.45, 2.75) is 17.7 Å². The first-order chi connectivity index (χ1) is 13.3. The Hall–Kier alpha value is -2.78. The molecule has 0 radical (unpaired) electrons. The van der Waals surface area contributed by atoms with Gasteiger partial charge in [-0.2, -0.15) is 0 Å². The van der Waals surface area contributed by atoms with Crippen molar-refractivity contribution >= 4 is 23.2 Å². The predicted molar refractivity (Wildman–Crippen MR) is 111 cm³/mol. The second-order valence-electron chi connectivity index (χ2n) is 6.79. The van der Waals surface area contributed by atoms with E-state index in [0.29, 0.717) is 0 Å². The summed E-state index contributed by atoms with van der Waals surface area (Å²) in [5.74, 6) is 0.147. The summed E-state index contributed by atoms with van der Waals surface area (Å²) in [7, 11) is 0. The Bertz CT molecular complexity index is 1070. The van der Waals surface area contributed by atoms with Crippen LogP contribution in [-0.4, -0.2) is 12.3 Å². The zero-order valence-corrected chi connectivity index (χ0v) is 15.9. The Morgan fingerprint density at radius 1 is 0.889 bits per heavy atom. The van der Waals surface area contributed by atoms with Gasteiger partial charge in [-0.3, -0.25) is 4.79 Å². The number of nitrogens with zero attached hydrogens (tertiary/aromatic N) is 1. The molecule has 5 rings (SSSR count). The summed E-state index contributed by atoms with van der Waals surface area (Å²) in [4.78, 5) is 17.0. The van der Waals surface area contributed by atoms with Crippen molar-refractivity contribution in [3.63, 3.8) is 0 Å². The van der Waals surface area contributed by atoms with Crippen molar-refractivity contribution < 1.29 is 4.79 Å². The van der Waals surface area contributed by atoms with Crippen LogP contribution in [0.25, 0.3) is 0 Å². The van der Waals surface area contributed by atoms with Gasteiger partial charge in [0.15, 0.2) is 5.78 Å². The maximum atomic E-state index is 13.5. The van der Waals surface area contributed by atoms with E-state index in [4.69, 9.17) is 0 Å². The van der Waals surface area contributed by atoms with Crippen LogP contribution in [0, 0.1) is 0 Å². The molecule has 0 saturated heterocycles. The minimum atomic E-state index is -0.0132. The number of benzene rings is 3. The second-order valence-corrected chi connectivity index (χ2v) is 7.82. The first kappa shape index (κ1) is 16.4. The Morgan fingerprint density at radius 3 is 2.41 bits per heavy atom. The first-order valence-electron chi connectivity index (χ1n) is 9.26. The Morgan fingerprint density at radius 2 is 1.59 bits per heavy atom. The van der Waals surface area contributed by atoms with Gasteiger partial charge in [-0.25, -0.2) is 0 Å². The summed E-state index contributed by atoms with van der Waals surface area (Å²) in [6, 6.07) is 26.8. The average Bonchev–Trinajstić information content (AvgIpc) is 3.23. The topological polar surface area (TPSA) is 20.3 Å². The summed E-state index contributed by atoms with van der Waals surface area (Å²) in [6.07, 6.45) is 0. The molecule has 2 aliphatic rings. The summed E-state index contributed by atoms with van der Waals surface area (Å²) >= 11 is 1.72. The van der Waals surface area contributed by atoms with Crippen LogP contribution in [0.15, 0.2) is 94.4 Å². The van der Waals surface area contributed by atoms with Crippen LogP contribution in [0.2, 0.25) is 0 Å². The van der Waals surface area contributed by atoms with Gasteiger partial charge in [-0.15, -0.1) is 0 Å². The highest BCUT2D eigenvalue weighted by molar-refractivity contribution is 8.03. The second kappa shape index (κ2) is 6.43. The third-order valence-electron chi connectivity index (χ3n) is 5.34. The quantitative estimate of drug-likeness (QED) is 0.528. The van der Waals surface area contributed by atoms with Crippen LogP contribution < -0.4 is 4.90 Å². The Labute approximate surface area is 163 Å². The SMILES string of the molecule is CCN1/C(=C2\C(=O)c3ccccc3C2c2ccccc2)Sc2ccccc21. The number of allylic oxidation sites excluding steroid dienone is 1. The van der Waals surface area contributed by atoms with Gasteiger partial charge in [-0.1, -0.05) is 78.5 Å². The lowest BCUT2D eigenvalue weighted by Gasteiger charge is -2.22. The maximum Gasteiger partial charge on any atom is 0.192 e. The number of carbonyl (C=O) groups excluding carboxylic acids is 1. The summed E-state index contributed by atoms with van der Waals surface area (Å²) < 4.78 is 0. The number of thioether (sulfide) groups is 1. The molecule has 0 spiro atoms. The number of hydrogen-bond acceptors (Lipinski definition) is 3. The lowest BCUT2D eigenvalue weighted by molar-refractivity contribution is 0.103. The molecule has 3 aromatic carbocycles. The van der Waals surface area contributed by atoms with Crippen LogP contribution in [0.3, 0.4) is 0 Å². The molecular formula is C24H19NOS. The van der Waals surface area contributed by atoms with Gasteiger partial charge in [0.25, 0.3) is 0 Å². The number of fused-ring (bicyclic) bond motifs is 2. The number of anilines is 1. The zero-order chi connectivity index (χ0) is 18.4. The molecule has 3 heteroatoms. The van der Waals surface area contributed by atoms with Crippen molar-refractivity contribution in [2.24, 2.45) is 0 Å². The molecule has 0 fully saturated rings. The molecule has 1 atom stereocenters.